The first-order chi connectivity index (χ1) is 13.5. The van der Waals surface area contributed by atoms with Gasteiger partial charge in [-0.1, -0.05) is 79.3 Å². The van der Waals surface area contributed by atoms with Gasteiger partial charge in [0.2, 0.25) is 0 Å². The molecule has 0 heterocycles. The van der Waals surface area contributed by atoms with Gasteiger partial charge in [0.1, 0.15) is 5.75 Å². The van der Waals surface area contributed by atoms with Crippen LogP contribution in [-0.4, -0.2) is 14.7 Å². The van der Waals surface area contributed by atoms with Crippen LogP contribution >= 0.6 is 0 Å². The van der Waals surface area contributed by atoms with Gasteiger partial charge in [0, 0.05) is 0 Å². The number of nitrogens with zero attached hydrogens (tertiary/aromatic N) is 1. The SMILES string of the molecule is CCCOc1ccc([Si](C)(C)Cc2ccc(-c3ccc(C#N)cc3)cc2)cc1. The Labute approximate surface area is 169 Å². The summed E-state index contributed by atoms with van der Waals surface area (Å²) in [5.41, 5.74) is 4.40. The lowest BCUT2D eigenvalue weighted by Crippen LogP contribution is -2.43. The van der Waals surface area contributed by atoms with Crippen molar-refractivity contribution in [3.63, 3.8) is 0 Å². The summed E-state index contributed by atoms with van der Waals surface area (Å²) in [5.74, 6) is 0.960. The van der Waals surface area contributed by atoms with Gasteiger partial charge in [-0.05, 0) is 47.9 Å². The second kappa shape index (κ2) is 8.90. The molecule has 0 fully saturated rings. The van der Waals surface area contributed by atoms with Crippen molar-refractivity contribution < 1.29 is 4.74 Å². The predicted molar refractivity (Wildman–Crippen MR) is 120 cm³/mol. The summed E-state index contributed by atoms with van der Waals surface area (Å²) in [5, 5.41) is 10.4. The van der Waals surface area contributed by atoms with Gasteiger partial charge in [-0.3, -0.25) is 0 Å². The molecule has 0 radical (unpaired) electrons. The van der Waals surface area contributed by atoms with Crippen LogP contribution in [0.25, 0.3) is 11.1 Å². The Morgan fingerprint density at radius 3 is 1.93 bits per heavy atom. The molecule has 28 heavy (non-hydrogen) atoms. The topological polar surface area (TPSA) is 33.0 Å². The standard InChI is InChI=1S/C25H27NOSi/c1-4-17-27-24-13-15-25(16-14-24)28(2,3)19-21-7-11-23(12-8-21)22-9-5-20(18-26)6-10-22/h5-16H,4,17,19H2,1-3H3. The van der Waals surface area contributed by atoms with Gasteiger partial charge in [0.05, 0.1) is 26.3 Å². The van der Waals surface area contributed by atoms with Crippen LogP contribution in [0.15, 0.2) is 72.8 Å². The zero-order valence-corrected chi connectivity index (χ0v) is 17.9. The minimum atomic E-state index is -1.58. The maximum Gasteiger partial charge on any atom is 0.119 e. The van der Waals surface area contributed by atoms with Gasteiger partial charge in [0.15, 0.2) is 0 Å². The molecule has 0 aliphatic carbocycles. The van der Waals surface area contributed by atoms with E-state index < -0.39 is 8.07 Å². The second-order valence-corrected chi connectivity index (χ2v) is 12.5. The Hall–Kier alpha value is -2.83. The van der Waals surface area contributed by atoms with Crippen LogP contribution in [0.3, 0.4) is 0 Å². The fourth-order valence-corrected chi connectivity index (χ4v) is 5.92. The molecular formula is C25H27NOSi. The number of rotatable bonds is 7. The summed E-state index contributed by atoms with van der Waals surface area (Å²) >= 11 is 0. The lowest BCUT2D eigenvalue weighted by molar-refractivity contribution is 0.317. The normalized spacial score (nSPS) is 11.1. The minimum absolute atomic E-state index is 0.694. The molecule has 0 unspecified atom stereocenters. The van der Waals surface area contributed by atoms with Gasteiger partial charge in [-0.2, -0.15) is 5.26 Å². The molecule has 0 spiro atoms. The van der Waals surface area contributed by atoms with Crippen LogP contribution in [0.2, 0.25) is 13.1 Å². The zero-order chi connectivity index (χ0) is 20.0. The van der Waals surface area contributed by atoms with Crippen LogP contribution in [0, 0.1) is 11.3 Å². The van der Waals surface area contributed by atoms with Crippen molar-refractivity contribution in [3.8, 4) is 22.9 Å². The number of nitriles is 1. The molecule has 0 saturated heterocycles. The summed E-state index contributed by atoms with van der Waals surface area (Å²) in [6.07, 6.45) is 1.03. The highest BCUT2D eigenvalue weighted by Gasteiger charge is 2.23. The van der Waals surface area contributed by atoms with Gasteiger partial charge in [-0.25, -0.2) is 0 Å². The van der Waals surface area contributed by atoms with Crippen molar-refractivity contribution in [2.24, 2.45) is 0 Å². The molecule has 0 N–H and O–H groups in total. The summed E-state index contributed by atoms with van der Waals surface area (Å²) in [6, 6.07) is 28.6. The van der Waals surface area contributed by atoms with E-state index in [-0.39, 0.29) is 0 Å². The molecule has 2 nitrogen and oxygen atoms in total. The van der Waals surface area contributed by atoms with Crippen molar-refractivity contribution in [2.75, 3.05) is 6.61 Å². The predicted octanol–water partition coefficient (Wildman–Crippen LogP) is 5.71. The summed E-state index contributed by atoms with van der Waals surface area (Å²) < 4.78 is 5.71. The molecule has 0 aliphatic rings. The summed E-state index contributed by atoms with van der Waals surface area (Å²) in [6.45, 7) is 7.73. The van der Waals surface area contributed by atoms with E-state index in [2.05, 4.69) is 74.6 Å². The second-order valence-electron chi connectivity index (χ2n) is 7.82. The average molecular weight is 386 g/mol. The van der Waals surface area contributed by atoms with Gasteiger partial charge in [0.25, 0.3) is 0 Å². The molecule has 3 rings (SSSR count). The van der Waals surface area contributed by atoms with E-state index in [1.54, 1.807) is 0 Å². The lowest BCUT2D eigenvalue weighted by atomic mass is 10.0. The molecule has 0 amide bonds. The zero-order valence-electron chi connectivity index (χ0n) is 16.9. The van der Waals surface area contributed by atoms with E-state index in [0.717, 1.165) is 30.4 Å². The van der Waals surface area contributed by atoms with E-state index in [0.29, 0.717) is 5.56 Å². The highest BCUT2D eigenvalue weighted by molar-refractivity contribution is 6.89. The first kappa shape index (κ1) is 19.9. The fraction of sp³-hybridized carbons (Fsp3) is 0.240. The molecule has 3 heteroatoms. The molecule has 0 saturated carbocycles. The van der Waals surface area contributed by atoms with Crippen LogP contribution in [0.4, 0.5) is 0 Å². The first-order valence-corrected chi connectivity index (χ1v) is 13.1. The Morgan fingerprint density at radius 1 is 0.821 bits per heavy atom. The molecular weight excluding hydrogens is 358 g/mol. The van der Waals surface area contributed by atoms with Crippen molar-refractivity contribution >= 4 is 13.3 Å². The number of ether oxygens (including phenoxy) is 1. The quantitative estimate of drug-likeness (QED) is 0.488. The molecule has 142 valence electrons. The Bertz CT molecular complexity index is 936. The van der Waals surface area contributed by atoms with E-state index in [1.165, 1.54) is 16.3 Å². The number of hydrogen-bond donors (Lipinski definition) is 0. The van der Waals surface area contributed by atoms with Gasteiger partial charge in [-0.15, -0.1) is 0 Å². The van der Waals surface area contributed by atoms with Crippen molar-refractivity contribution in [3.05, 3.63) is 83.9 Å². The largest absolute Gasteiger partial charge is 0.494 e. The Kier molecular flexibility index (Phi) is 6.33. The van der Waals surface area contributed by atoms with E-state index in [9.17, 15) is 0 Å². The van der Waals surface area contributed by atoms with Gasteiger partial charge < -0.3 is 4.74 Å². The minimum Gasteiger partial charge on any atom is -0.494 e. The van der Waals surface area contributed by atoms with Crippen LogP contribution < -0.4 is 9.92 Å². The van der Waals surface area contributed by atoms with E-state index in [1.807, 2.05) is 24.3 Å². The monoisotopic (exact) mass is 385 g/mol. The summed E-state index contributed by atoms with van der Waals surface area (Å²) in [4.78, 5) is 0. The third kappa shape index (κ3) is 4.91. The van der Waals surface area contributed by atoms with Crippen molar-refractivity contribution in [2.45, 2.75) is 32.5 Å². The summed E-state index contributed by atoms with van der Waals surface area (Å²) in [7, 11) is -1.58. The average Bonchev–Trinajstić information content (AvgIpc) is 2.73. The number of benzene rings is 3. The molecule has 3 aromatic carbocycles. The van der Waals surface area contributed by atoms with Crippen LogP contribution in [0.1, 0.15) is 24.5 Å². The highest BCUT2D eigenvalue weighted by atomic mass is 28.3. The van der Waals surface area contributed by atoms with Gasteiger partial charge >= 0.3 is 0 Å². The highest BCUT2D eigenvalue weighted by Crippen LogP contribution is 2.22. The fourth-order valence-electron chi connectivity index (χ4n) is 3.39. The molecule has 0 aromatic heterocycles. The molecule has 0 aliphatic heterocycles. The molecule has 0 atom stereocenters. The van der Waals surface area contributed by atoms with E-state index in [4.69, 9.17) is 10.00 Å². The number of hydrogen-bond acceptors (Lipinski definition) is 2. The van der Waals surface area contributed by atoms with Crippen LogP contribution in [0.5, 0.6) is 5.75 Å². The maximum atomic E-state index is 8.94. The van der Waals surface area contributed by atoms with E-state index >= 15 is 0 Å². The first-order valence-electron chi connectivity index (χ1n) is 9.84. The van der Waals surface area contributed by atoms with Crippen molar-refractivity contribution in [1.82, 2.24) is 0 Å². The molecule has 3 aromatic rings. The third-order valence-corrected chi connectivity index (χ3v) is 8.24. The lowest BCUT2D eigenvalue weighted by Gasteiger charge is -2.23. The Morgan fingerprint density at radius 2 is 1.39 bits per heavy atom. The smallest absolute Gasteiger partial charge is 0.119 e. The van der Waals surface area contributed by atoms with Crippen molar-refractivity contribution in [1.29, 1.82) is 5.26 Å². The molecule has 0 bridgehead atoms. The Balaban J connectivity index is 1.70. The maximum absolute atomic E-state index is 8.94. The van der Waals surface area contributed by atoms with Crippen LogP contribution in [-0.2, 0) is 6.04 Å². The third-order valence-electron chi connectivity index (χ3n) is 5.06.